The fourth-order valence-corrected chi connectivity index (χ4v) is 2.39. The highest BCUT2D eigenvalue weighted by Gasteiger charge is 2.15. The first kappa shape index (κ1) is 13.8. The molecule has 1 N–H and O–H groups in total. The number of anilines is 1. The summed E-state index contributed by atoms with van der Waals surface area (Å²) in [4.78, 5) is 26.4. The van der Waals surface area contributed by atoms with Gasteiger partial charge in [-0.1, -0.05) is 16.1 Å². The Kier molecular flexibility index (Phi) is 4.40. The minimum atomic E-state index is -0.614. The van der Waals surface area contributed by atoms with Crippen LogP contribution < -0.4 is 5.32 Å². The lowest BCUT2D eigenvalue weighted by atomic mass is 10.5. The summed E-state index contributed by atoms with van der Waals surface area (Å²) in [5.74, 6) is -0.869. The van der Waals surface area contributed by atoms with Crippen molar-refractivity contribution in [2.75, 3.05) is 5.32 Å². The van der Waals surface area contributed by atoms with Crippen molar-refractivity contribution in [1.29, 1.82) is 0 Å². The number of nitrogens with one attached hydrogen (secondary N) is 1. The van der Waals surface area contributed by atoms with Gasteiger partial charge in [-0.2, -0.15) is 0 Å². The van der Waals surface area contributed by atoms with Crippen LogP contribution in [0.3, 0.4) is 0 Å². The van der Waals surface area contributed by atoms with E-state index in [1.165, 1.54) is 12.3 Å². The molecule has 7 nitrogen and oxygen atoms in total. The molecule has 0 aliphatic carbocycles. The Bertz CT molecular complexity index is 612. The van der Waals surface area contributed by atoms with Crippen LogP contribution in [0.4, 0.5) is 5.13 Å². The first-order valence-corrected chi connectivity index (χ1v) is 6.96. The Balaban J connectivity index is 1.94. The number of nitrogens with zero attached hydrogens (tertiary/aromatic N) is 3. The van der Waals surface area contributed by atoms with Crippen LogP contribution in [-0.2, 0) is 16.1 Å². The average molecular weight is 319 g/mol. The molecule has 0 radical (unpaired) electrons. The Labute approximate surface area is 120 Å². The molecule has 0 bridgehead atoms. The number of thiazole rings is 1. The van der Waals surface area contributed by atoms with E-state index in [2.05, 4.69) is 19.9 Å². The molecule has 19 heavy (non-hydrogen) atoms. The lowest BCUT2D eigenvalue weighted by Crippen LogP contribution is -2.08. The molecule has 0 aromatic carbocycles. The maximum Gasteiger partial charge on any atom is 0.358 e. The molecule has 2 aromatic rings. The van der Waals surface area contributed by atoms with Crippen molar-refractivity contribution >= 4 is 51.5 Å². The molecule has 1 amide bonds. The lowest BCUT2D eigenvalue weighted by molar-refractivity contribution is -0.114. The fourth-order valence-electron chi connectivity index (χ4n) is 1.07. The largest absolute Gasteiger partial charge is 0.454 e. The number of carbonyl (C=O) groups excluding carboxylic acids is 2. The van der Waals surface area contributed by atoms with Gasteiger partial charge in [-0.25, -0.2) is 9.78 Å². The van der Waals surface area contributed by atoms with Gasteiger partial charge in [0, 0.05) is 23.8 Å². The van der Waals surface area contributed by atoms with Crippen LogP contribution in [0.2, 0.25) is 4.34 Å². The monoisotopic (exact) mass is 318 g/mol. The van der Waals surface area contributed by atoms with Crippen LogP contribution in [0.25, 0.3) is 0 Å². The summed E-state index contributed by atoms with van der Waals surface area (Å²) in [5, 5.41) is 8.02. The normalized spacial score (nSPS) is 10.2. The van der Waals surface area contributed by atoms with E-state index >= 15 is 0 Å². The standard InChI is InChI=1S/C9H7ClN4O3S2/c1-4(15)11-9-12-6(3-18-9)8(16)17-2-5-7(10)19-14-13-5/h3H,2H2,1H3,(H,11,12,15). The summed E-state index contributed by atoms with van der Waals surface area (Å²) < 4.78 is 8.98. The first-order chi connectivity index (χ1) is 9.06. The second kappa shape index (κ2) is 6.04. The minimum Gasteiger partial charge on any atom is -0.454 e. The zero-order valence-corrected chi connectivity index (χ0v) is 11.9. The SMILES string of the molecule is CC(=O)Nc1nc(C(=O)OCc2nnsc2Cl)cs1. The van der Waals surface area contributed by atoms with Crippen LogP contribution in [0.1, 0.15) is 23.1 Å². The summed E-state index contributed by atoms with van der Waals surface area (Å²) in [7, 11) is 0. The molecule has 100 valence electrons. The molecule has 2 heterocycles. The zero-order valence-electron chi connectivity index (χ0n) is 9.55. The molecule has 0 saturated carbocycles. The predicted octanol–water partition coefficient (Wildman–Crippen LogP) is 1.96. The third-order valence-electron chi connectivity index (χ3n) is 1.85. The van der Waals surface area contributed by atoms with Gasteiger partial charge in [-0.15, -0.1) is 16.4 Å². The number of aromatic nitrogens is 3. The van der Waals surface area contributed by atoms with Gasteiger partial charge in [0.15, 0.2) is 10.8 Å². The van der Waals surface area contributed by atoms with Gasteiger partial charge in [0.1, 0.15) is 16.6 Å². The number of halogens is 1. The topological polar surface area (TPSA) is 94.1 Å². The Morgan fingerprint density at radius 3 is 2.95 bits per heavy atom. The van der Waals surface area contributed by atoms with Crippen LogP contribution in [0, 0.1) is 0 Å². The van der Waals surface area contributed by atoms with Crippen molar-refractivity contribution in [3.8, 4) is 0 Å². The van der Waals surface area contributed by atoms with E-state index in [9.17, 15) is 9.59 Å². The number of amides is 1. The molecular formula is C9H7ClN4O3S2. The van der Waals surface area contributed by atoms with E-state index in [4.69, 9.17) is 16.3 Å². The van der Waals surface area contributed by atoms with Crippen LogP contribution in [0.15, 0.2) is 5.38 Å². The molecule has 10 heteroatoms. The molecule has 0 aliphatic heterocycles. The van der Waals surface area contributed by atoms with Gasteiger partial charge in [0.25, 0.3) is 0 Å². The van der Waals surface area contributed by atoms with Crippen molar-refractivity contribution in [1.82, 2.24) is 14.6 Å². The lowest BCUT2D eigenvalue weighted by Gasteiger charge is -1.99. The van der Waals surface area contributed by atoms with E-state index < -0.39 is 5.97 Å². The van der Waals surface area contributed by atoms with E-state index in [1.54, 1.807) is 0 Å². The van der Waals surface area contributed by atoms with Crippen molar-refractivity contribution in [3.05, 3.63) is 21.1 Å². The average Bonchev–Trinajstić information content (AvgIpc) is 2.95. The first-order valence-electron chi connectivity index (χ1n) is 4.93. The molecule has 0 fully saturated rings. The number of esters is 1. The summed E-state index contributed by atoms with van der Waals surface area (Å²) in [5.41, 5.74) is 0.519. The predicted molar refractivity (Wildman–Crippen MR) is 70.5 cm³/mol. The summed E-state index contributed by atoms with van der Waals surface area (Å²) in [6, 6.07) is 0. The third-order valence-corrected chi connectivity index (χ3v) is 3.59. The maximum absolute atomic E-state index is 11.7. The highest BCUT2D eigenvalue weighted by molar-refractivity contribution is 7.14. The molecular weight excluding hydrogens is 312 g/mol. The zero-order chi connectivity index (χ0) is 13.8. The van der Waals surface area contributed by atoms with Gasteiger partial charge < -0.3 is 10.1 Å². The molecule has 0 atom stereocenters. The van der Waals surface area contributed by atoms with Crippen molar-refractivity contribution in [3.63, 3.8) is 0 Å². The second-order valence-corrected chi connectivity index (χ2v) is 5.50. The number of ether oxygens (including phenoxy) is 1. The molecule has 2 aromatic heterocycles. The smallest absolute Gasteiger partial charge is 0.358 e. The van der Waals surface area contributed by atoms with Gasteiger partial charge in [0.2, 0.25) is 5.91 Å². The molecule has 0 saturated heterocycles. The van der Waals surface area contributed by atoms with Gasteiger partial charge >= 0.3 is 5.97 Å². The van der Waals surface area contributed by atoms with Crippen molar-refractivity contribution in [2.45, 2.75) is 13.5 Å². The summed E-state index contributed by atoms with van der Waals surface area (Å²) in [6.07, 6.45) is 0. The highest BCUT2D eigenvalue weighted by Crippen LogP contribution is 2.19. The van der Waals surface area contributed by atoms with Gasteiger partial charge in [-0.3, -0.25) is 4.79 Å². The molecule has 0 spiro atoms. The van der Waals surface area contributed by atoms with Crippen LogP contribution >= 0.6 is 34.5 Å². The summed E-state index contributed by atoms with van der Waals surface area (Å²) in [6.45, 7) is 1.29. The van der Waals surface area contributed by atoms with Gasteiger partial charge in [0.05, 0.1) is 0 Å². The molecule has 2 rings (SSSR count). The van der Waals surface area contributed by atoms with E-state index in [0.29, 0.717) is 15.2 Å². The molecule has 0 aliphatic rings. The number of rotatable bonds is 4. The quantitative estimate of drug-likeness (QED) is 0.866. The summed E-state index contributed by atoms with van der Waals surface area (Å²) >= 11 is 7.92. The van der Waals surface area contributed by atoms with E-state index in [-0.39, 0.29) is 18.2 Å². The highest BCUT2D eigenvalue weighted by atomic mass is 35.5. The third kappa shape index (κ3) is 3.69. The maximum atomic E-state index is 11.7. The van der Waals surface area contributed by atoms with Crippen molar-refractivity contribution < 1.29 is 14.3 Å². The Morgan fingerprint density at radius 1 is 1.53 bits per heavy atom. The minimum absolute atomic E-state index is 0.0683. The number of hydrogen-bond acceptors (Lipinski definition) is 8. The fraction of sp³-hybridized carbons (Fsp3) is 0.222. The van der Waals surface area contributed by atoms with E-state index in [0.717, 1.165) is 22.9 Å². The van der Waals surface area contributed by atoms with E-state index in [1.807, 2.05) is 0 Å². The van der Waals surface area contributed by atoms with Crippen molar-refractivity contribution in [2.24, 2.45) is 0 Å². The van der Waals surface area contributed by atoms with Crippen LogP contribution in [0.5, 0.6) is 0 Å². The van der Waals surface area contributed by atoms with Gasteiger partial charge in [-0.05, 0) is 0 Å². The Morgan fingerprint density at radius 2 is 2.32 bits per heavy atom. The number of hydrogen-bond donors (Lipinski definition) is 1. The second-order valence-electron chi connectivity index (χ2n) is 3.29. The Hall–Kier alpha value is -1.58. The number of carbonyl (C=O) groups is 2. The molecule has 0 unspecified atom stereocenters. The van der Waals surface area contributed by atoms with Crippen LogP contribution in [-0.4, -0.2) is 26.4 Å².